The van der Waals surface area contributed by atoms with Crippen LogP contribution >= 0.6 is 15.9 Å². The molecule has 0 fully saturated rings. The number of benzene rings is 2. The molecule has 0 radical (unpaired) electrons. The Bertz CT molecular complexity index is 801. The van der Waals surface area contributed by atoms with Crippen LogP contribution in [0.25, 0.3) is 11.0 Å². The van der Waals surface area contributed by atoms with Crippen LogP contribution in [0.1, 0.15) is 12.7 Å². The molecule has 0 saturated carbocycles. The molecule has 0 spiro atoms. The van der Waals surface area contributed by atoms with Crippen molar-refractivity contribution in [3.05, 3.63) is 58.8 Å². The lowest BCUT2D eigenvalue weighted by atomic mass is 10.3. The van der Waals surface area contributed by atoms with Gasteiger partial charge < -0.3 is 14.4 Å². The van der Waals surface area contributed by atoms with Gasteiger partial charge in [-0.15, -0.1) is 0 Å². The van der Waals surface area contributed by atoms with Gasteiger partial charge >= 0.3 is 0 Å². The number of nitrogens with zero attached hydrogens (tertiary/aromatic N) is 2. The molecule has 1 N–H and O–H groups in total. The second kappa shape index (κ2) is 7.15. The lowest BCUT2D eigenvalue weighted by Crippen LogP contribution is -2.24. The van der Waals surface area contributed by atoms with Crippen molar-refractivity contribution in [2.45, 2.75) is 26.0 Å². The zero-order chi connectivity index (χ0) is 16.2. The maximum Gasteiger partial charge on any atom is 0.120 e. The van der Waals surface area contributed by atoms with Gasteiger partial charge in [0.05, 0.1) is 17.6 Å². The van der Waals surface area contributed by atoms with Crippen LogP contribution in [0, 0.1) is 0 Å². The Hall–Kier alpha value is -1.85. The number of hydrogen-bond donors (Lipinski definition) is 1. The quantitative estimate of drug-likeness (QED) is 0.713. The van der Waals surface area contributed by atoms with E-state index in [1.165, 1.54) is 0 Å². The maximum atomic E-state index is 10.3. The third kappa shape index (κ3) is 3.74. The number of aryl methyl sites for hydroxylation is 1. The minimum Gasteiger partial charge on any atom is -0.491 e. The van der Waals surface area contributed by atoms with Gasteiger partial charge in [0.25, 0.3) is 0 Å². The average Bonchev–Trinajstić information content (AvgIpc) is 2.91. The Kier molecular flexibility index (Phi) is 4.98. The van der Waals surface area contributed by atoms with Crippen LogP contribution in [0.3, 0.4) is 0 Å². The molecule has 3 aromatic rings. The van der Waals surface area contributed by atoms with Crippen molar-refractivity contribution in [1.82, 2.24) is 9.55 Å². The molecule has 2 aromatic carbocycles. The van der Waals surface area contributed by atoms with E-state index in [1.54, 1.807) is 0 Å². The number of aromatic nitrogens is 2. The molecule has 0 unspecified atom stereocenters. The van der Waals surface area contributed by atoms with Gasteiger partial charge in [-0.1, -0.05) is 41.1 Å². The fourth-order valence-electron chi connectivity index (χ4n) is 2.61. The summed E-state index contributed by atoms with van der Waals surface area (Å²) in [6.45, 7) is 2.78. The second-order valence-electron chi connectivity index (χ2n) is 5.40. The number of hydrogen-bond acceptors (Lipinski definition) is 3. The van der Waals surface area contributed by atoms with Gasteiger partial charge in [0.1, 0.15) is 24.3 Å². The number of para-hydroxylation sites is 2. The number of ether oxygens (including phenoxy) is 1. The number of aliphatic hydroxyl groups excluding tert-OH is 1. The summed E-state index contributed by atoms with van der Waals surface area (Å²) in [5.74, 6) is 1.72. The molecule has 1 aromatic heterocycles. The molecule has 23 heavy (non-hydrogen) atoms. The van der Waals surface area contributed by atoms with Crippen LogP contribution in [-0.2, 0) is 13.0 Å². The summed E-state index contributed by atoms with van der Waals surface area (Å²) >= 11 is 3.41. The van der Waals surface area contributed by atoms with Crippen LogP contribution in [0.2, 0.25) is 0 Å². The van der Waals surface area contributed by atoms with Gasteiger partial charge in [-0.2, -0.15) is 0 Å². The molecule has 0 aliphatic rings. The number of halogens is 1. The Morgan fingerprint density at radius 1 is 1.22 bits per heavy atom. The first-order chi connectivity index (χ1) is 11.2. The predicted molar refractivity (Wildman–Crippen MR) is 94.8 cm³/mol. The van der Waals surface area contributed by atoms with E-state index < -0.39 is 6.10 Å². The van der Waals surface area contributed by atoms with E-state index in [0.29, 0.717) is 6.54 Å². The second-order valence-corrected chi connectivity index (χ2v) is 6.32. The summed E-state index contributed by atoms with van der Waals surface area (Å²) in [7, 11) is 0. The Morgan fingerprint density at radius 2 is 2.04 bits per heavy atom. The van der Waals surface area contributed by atoms with Crippen molar-refractivity contribution in [3.8, 4) is 5.75 Å². The summed E-state index contributed by atoms with van der Waals surface area (Å²) < 4.78 is 8.70. The van der Waals surface area contributed by atoms with Gasteiger partial charge in [0.15, 0.2) is 0 Å². The summed E-state index contributed by atoms with van der Waals surface area (Å²) in [6.07, 6.45) is 0.227. The van der Waals surface area contributed by atoms with E-state index in [1.807, 2.05) is 48.5 Å². The minimum atomic E-state index is -0.600. The third-order valence-corrected chi connectivity index (χ3v) is 4.17. The highest BCUT2D eigenvalue weighted by Crippen LogP contribution is 2.19. The molecule has 1 heterocycles. The monoisotopic (exact) mass is 374 g/mol. The molecular weight excluding hydrogens is 356 g/mol. The minimum absolute atomic E-state index is 0.242. The molecule has 0 aliphatic carbocycles. The molecule has 0 bridgehead atoms. The van der Waals surface area contributed by atoms with Crippen molar-refractivity contribution in [2.24, 2.45) is 0 Å². The summed E-state index contributed by atoms with van der Waals surface area (Å²) in [6, 6.07) is 15.6. The molecule has 3 rings (SSSR count). The summed E-state index contributed by atoms with van der Waals surface area (Å²) in [4.78, 5) is 4.62. The number of imidazole rings is 1. The van der Waals surface area contributed by atoms with E-state index in [0.717, 1.165) is 33.5 Å². The molecule has 0 amide bonds. The average molecular weight is 375 g/mol. The van der Waals surface area contributed by atoms with Gasteiger partial charge in [0, 0.05) is 10.9 Å². The zero-order valence-electron chi connectivity index (χ0n) is 12.9. The first kappa shape index (κ1) is 16.0. The smallest absolute Gasteiger partial charge is 0.120 e. The van der Waals surface area contributed by atoms with E-state index in [4.69, 9.17) is 4.74 Å². The predicted octanol–water partition coefficient (Wildman–Crippen LogP) is 3.80. The molecular formula is C18H19BrN2O2. The SMILES string of the molecule is CCc1nc2ccccc2n1C[C@H](O)COc1cccc(Br)c1. The van der Waals surface area contributed by atoms with Crippen LogP contribution in [0.5, 0.6) is 5.75 Å². The molecule has 5 heteroatoms. The van der Waals surface area contributed by atoms with E-state index >= 15 is 0 Å². The Balaban J connectivity index is 1.71. The summed E-state index contributed by atoms with van der Waals surface area (Å²) in [5, 5.41) is 10.3. The molecule has 1 atom stereocenters. The maximum absolute atomic E-state index is 10.3. The van der Waals surface area contributed by atoms with Gasteiger partial charge in [-0.3, -0.25) is 0 Å². The Morgan fingerprint density at radius 3 is 2.83 bits per heavy atom. The number of aliphatic hydroxyl groups is 1. The van der Waals surface area contributed by atoms with Gasteiger partial charge in [-0.05, 0) is 30.3 Å². The zero-order valence-corrected chi connectivity index (χ0v) is 14.5. The number of fused-ring (bicyclic) bond motifs is 1. The molecule has 0 saturated heterocycles. The first-order valence-electron chi connectivity index (χ1n) is 7.68. The lowest BCUT2D eigenvalue weighted by molar-refractivity contribution is 0.0927. The largest absolute Gasteiger partial charge is 0.491 e. The van der Waals surface area contributed by atoms with Crippen molar-refractivity contribution in [3.63, 3.8) is 0 Å². The van der Waals surface area contributed by atoms with Crippen molar-refractivity contribution in [1.29, 1.82) is 0 Å². The lowest BCUT2D eigenvalue weighted by Gasteiger charge is -2.15. The molecule has 0 aliphatic heterocycles. The molecule has 120 valence electrons. The van der Waals surface area contributed by atoms with Crippen LogP contribution < -0.4 is 4.74 Å². The Labute approximate surface area is 143 Å². The van der Waals surface area contributed by atoms with Crippen molar-refractivity contribution >= 4 is 27.0 Å². The van der Waals surface area contributed by atoms with Crippen LogP contribution in [0.15, 0.2) is 53.0 Å². The highest BCUT2D eigenvalue weighted by molar-refractivity contribution is 9.10. The molecule has 4 nitrogen and oxygen atoms in total. The first-order valence-corrected chi connectivity index (χ1v) is 8.47. The van der Waals surface area contributed by atoms with E-state index in [9.17, 15) is 5.11 Å². The van der Waals surface area contributed by atoms with Gasteiger partial charge in [0.2, 0.25) is 0 Å². The highest BCUT2D eigenvalue weighted by atomic mass is 79.9. The fraction of sp³-hybridized carbons (Fsp3) is 0.278. The topological polar surface area (TPSA) is 47.3 Å². The van der Waals surface area contributed by atoms with E-state index in [2.05, 4.69) is 32.4 Å². The summed E-state index contributed by atoms with van der Waals surface area (Å²) in [5.41, 5.74) is 2.01. The fourth-order valence-corrected chi connectivity index (χ4v) is 2.99. The standard InChI is InChI=1S/C18H19BrN2O2/c1-2-18-20-16-8-3-4-9-17(16)21(18)11-14(22)12-23-15-7-5-6-13(19)10-15/h3-10,14,22H,2,11-12H2,1H3/t14-/m0/s1. The number of rotatable bonds is 6. The van der Waals surface area contributed by atoms with E-state index in [-0.39, 0.29) is 6.61 Å². The van der Waals surface area contributed by atoms with Crippen LogP contribution in [0.4, 0.5) is 0 Å². The van der Waals surface area contributed by atoms with Crippen molar-refractivity contribution in [2.75, 3.05) is 6.61 Å². The van der Waals surface area contributed by atoms with Crippen LogP contribution in [-0.4, -0.2) is 27.4 Å². The van der Waals surface area contributed by atoms with Crippen molar-refractivity contribution < 1.29 is 9.84 Å². The normalized spacial score (nSPS) is 12.5. The third-order valence-electron chi connectivity index (χ3n) is 3.68. The van der Waals surface area contributed by atoms with Gasteiger partial charge in [-0.25, -0.2) is 4.98 Å². The highest BCUT2D eigenvalue weighted by Gasteiger charge is 2.13.